The van der Waals surface area contributed by atoms with Gasteiger partial charge < -0.3 is 4.74 Å². The highest BCUT2D eigenvalue weighted by Crippen LogP contribution is 2.21. The van der Waals surface area contributed by atoms with Crippen molar-refractivity contribution in [1.82, 2.24) is 9.97 Å². The van der Waals surface area contributed by atoms with Crippen LogP contribution < -0.4 is 4.74 Å². The number of ether oxygens (including phenoxy) is 1. The lowest BCUT2D eigenvalue weighted by atomic mass is 10.1. The van der Waals surface area contributed by atoms with Crippen molar-refractivity contribution in [2.24, 2.45) is 0 Å². The first kappa shape index (κ1) is 12.2. The maximum atomic E-state index is 12.3. The average molecular weight is 242 g/mol. The average Bonchev–Trinajstić information content (AvgIpc) is 2.39. The van der Waals surface area contributed by atoms with Crippen molar-refractivity contribution in [1.29, 1.82) is 0 Å². The van der Waals surface area contributed by atoms with Gasteiger partial charge in [-0.15, -0.1) is 0 Å². The van der Waals surface area contributed by atoms with E-state index in [9.17, 15) is 4.79 Å². The molecule has 2 rings (SSSR count). The van der Waals surface area contributed by atoms with Gasteiger partial charge in [-0.3, -0.25) is 4.79 Å². The number of rotatable bonds is 4. The van der Waals surface area contributed by atoms with Crippen molar-refractivity contribution in [2.75, 3.05) is 0 Å². The molecule has 0 radical (unpaired) electrons. The van der Waals surface area contributed by atoms with Crippen LogP contribution in [0, 0.1) is 0 Å². The van der Waals surface area contributed by atoms with Gasteiger partial charge in [0.05, 0.1) is 11.7 Å². The molecule has 0 aliphatic carbocycles. The van der Waals surface area contributed by atoms with E-state index < -0.39 is 0 Å². The summed E-state index contributed by atoms with van der Waals surface area (Å²) < 4.78 is 5.62. The van der Waals surface area contributed by atoms with Gasteiger partial charge in [-0.25, -0.2) is 9.97 Å². The van der Waals surface area contributed by atoms with Crippen LogP contribution in [0.25, 0.3) is 0 Å². The van der Waals surface area contributed by atoms with Crippen molar-refractivity contribution in [3.63, 3.8) is 0 Å². The molecule has 0 amide bonds. The monoisotopic (exact) mass is 242 g/mol. The van der Waals surface area contributed by atoms with Crippen LogP contribution in [0.3, 0.4) is 0 Å². The molecule has 2 aromatic rings. The second-order valence-corrected chi connectivity index (χ2v) is 4.09. The quantitative estimate of drug-likeness (QED) is 0.773. The normalized spacial score (nSPS) is 10.4. The first-order valence-electron chi connectivity index (χ1n) is 5.75. The molecule has 0 saturated carbocycles. The summed E-state index contributed by atoms with van der Waals surface area (Å²) >= 11 is 0. The molecule has 0 unspecified atom stereocenters. The molecule has 4 nitrogen and oxygen atoms in total. The highest BCUT2D eigenvalue weighted by molar-refractivity contribution is 6.09. The molecule has 0 N–H and O–H groups in total. The van der Waals surface area contributed by atoms with E-state index in [0.29, 0.717) is 17.0 Å². The molecule has 0 aliphatic heterocycles. The lowest BCUT2D eigenvalue weighted by Crippen LogP contribution is -2.11. The number of benzene rings is 1. The molecule has 0 bridgehead atoms. The lowest BCUT2D eigenvalue weighted by molar-refractivity contribution is 0.102. The number of ketones is 1. The van der Waals surface area contributed by atoms with E-state index in [1.165, 1.54) is 6.33 Å². The zero-order valence-corrected chi connectivity index (χ0v) is 10.3. The van der Waals surface area contributed by atoms with Crippen molar-refractivity contribution >= 4 is 5.78 Å². The molecule has 0 aliphatic rings. The Labute approximate surface area is 106 Å². The van der Waals surface area contributed by atoms with Gasteiger partial charge in [0, 0.05) is 6.20 Å². The third-order valence-corrected chi connectivity index (χ3v) is 2.31. The van der Waals surface area contributed by atoms with Crippen LogP contribution in [0.4, 0.5) is 0 Å². The molecule has 4 heteroatoms. The Kier molecular flexibility index (Phi) is 3.67. The van der Waals surface area contributed by atoms with Crippen LogP contribution >= 0.6 is 0 Å². The maximum Gasteiger partial charge on any atom is 0.215 e. The molecule has 0 saturated heterocycles. The lowest BCUT2D eigenvalue weighted by Gasteiger charge is -2.13. The molecule has 92 valence electrons. The fraction of sp³-hybridized carbons (Fsp3) is 0.214. The predicted molar refractivity (Wildman–Crippen MR) is 67.7 cm³/mol. The van der Waals surface area contributed by atoms with Crippen LogP contribution in [0.15, 0.2) is 42.9 Å². The number of para-hydroxylation sites is 1. The van der Waals surface area contributed by atoms with E-state index in [-0.39, 0.29) is 11.9 Å². The molecule has 1 aromatic carbocycles. The Bertz CT molecular complexity index is 539. The first-order valence-corrected chi connectivity index (χ1v) is 5.75. The van der Waals surface area contributed by atoms with Crippen LogP contribution in [0.1, 0.15) is 29.9 Å². The number of hydrogen-bond acceptors (Lipinski definition) is 4. The SMILES string of the molecule is CC(C)Oc1ccccc1C(=O)c1ccncn1. The number of nitrogens with zero attached hydrogens (tertiary/aromatic N) is 2. The summed E-state index contributed by atoms with van der Waals surface area (Å²) in [6, 6.07) is 8.77. The second-order valence-electron chi connectivity index (χ2n) is 4.09. The minimum atomic E-state index is -0.159. The van der Waals surface area contributed by atoms with E-state index in [1.807, 2.05) is 26.0 Å². The zero-order valence-electron chi connectivity index (χ0n) is 10.3. The highest BCUT2D eigenvalue weighted by atomic mass is 16.5. The molecule has 1 aromatic heterocycles. The van der Waals surface area contributed by atoms with E-state index in [2.05, 4.69) is 9.97 Å². The van der Waals surface area contributed by atoms with Gasteiger partial charge in [-0.1, -0.05) is 12.1 Å². The second kappa shape index (κ2) is 5.40. The van der Waals surface area contributed by atoms with Gasteiger partial charge in [0.2, 0.25) is 5.78 Å². The van der Waals surface area contributed by atoms with Gasteiger partial charge in [0.25, 0.3) is 0 Å². The summed E-state index contributed by atoms with van der Waals surface area (Å²) in [5, 5.41) is 0. The molecule has 0 atom stereocenters. The van der Waals surface area contributed by atoms with Gasteiger partial charge >= 0.3 is 0 Å². The van der Waals surface area contributed by atoms with Crippen LogP contribution in [0.2, 0.25) is 0 Å². The van der Waals surface area contributed by atoms with Gasteiger partial charge in [0.1, 0.15) is 17.8 Å². The Hall–Kier alpha value is -2.23. The molecule has 18 heavy (non-hydrogen) atoms. The molecule has 0 spiro atoms. The topological polar surface area (TPSA) is 52.1 Å². The third kappa shape index (κ3) is 2.71. The van der Waals surface area contributed by atoms with Crippen molar-refractivity contribution in [2.45, 2.75) is 20.0 Å². The maximum absolute atomic E-state index is 12.3. The zero-order chi connectivity index (χ0) is 13.0. The molecule has 0 fully saturated rings. The Balaban J connectivity index is 2.36. The third-order valence-electron chi connectivity index (χ3n) is 2.31. The largest absolute Gasteiger partial charge is 0.490 e. The summed E-state index contributed by atoms with van der Waals surface area (Å²) in [5.41, 5.74) is 0.884. The summed E-state index contributed by atoms with van der Waals surface area (Å²) in [5.74, 6) is 0.421. The Morgan fingerprint density at radius 1 is 1.22 bits per heavy atom. The summed E-state index contributed by atoms with van der Waals surface area (Å²) in [4.78, 5) is 20.0. The van der Waals surface area contributed by atoms with Crippen LogP contribution in [-0.2, 0) is 0 Å². The minimum Gasteiger partial charge on any atom is -0.490 e. The van der Waals surface area contributed by atoms with Crippen molar-refractivity contribution < 1.29 is 9.53 Å². The molecule has 1 heterocycles. The first-order chi connectivity index (χ1) is 8.68. The van der Waals surface area contributed by atoms with Crippen molar-refractivity contribution in [3.8, 4) is 5.75 Å². The van der Waals surface area contributed by atoms with E-state index in [4.69, 9.17) is 4.74 Å². The number of carbonyl (C=O) groups is 1. The minimum absolute atomic E-state index is 0.0179. The van der Waals surface area contributed by atoms with E-state index in [1.54, 1.807) is 24.4 Å². The molecular formula is C14H14N2O2. The van der Waals surface area contributed by atoms with Crippen LogP contribution in [-0.4, -0.2) is 21.9 Å². The van der Waals surface area contributed by atoms with Gasteiger partial charge in [-0.2, -0.15) is 0 Å². The number of aromatic nitrogens is 2. The standard InChI is InChI=1S/C14H14N2O2/c1-10(2)18-13-6-4-3-5-11(13)14(17)12-7-8-15-9-16-12/h3-10H,1-2H3. The van der Waals surface area contributed by atoms with Gasteiger partial charge in [-0.05, 0) is 32.0 Å². The Morgan fingerprint density at radius 3 is 2.67 bits per heavy atom. The van der Waals surface area contributed by atoms with E-state index in [0.717, 1.165) is 0 Å². The predicted octanol–water partition coefficient (Wildman–Crippen LogP) is 2.49. The molecular weight excluding hydrogens is 228 g/mol. The fourth-order valence-corrected chi connectivity index (χ4v) is 1.57. The summed E-state index contributed by atoms with van der Waals surface area (Å²) in [6.45, 7) is 3.85. The van der Waals surface area contributed by atoms with Crippen LogP contribution in [0.5, 0.6) is 5.75 Å². The summed E-state index contributed by atoms with van der Waals surface area (Å²) in [6.07, 6.45) is 2.93. The van der Waals surface area contributed by atoms with Crippen molar-refractivity contribution in [3.05, 3.63) is 54.1 Å². The Morgan fingerprint density at radius 2 is 2.00 bits per heavy atom. The smallest absolute Gasteiger partial charge is 0.215 e. The number of hydrogen-bond donors (Lipinski definition) is 0. The van der Waals surface area contributed by atoms with Gasteiger partial charge in [0.15, 0.2) is 0 Å². The fourth-order valence-electron chi connectivity index (χ4n) is 1.57. The summed E-state index contributed by atoms with van der Waals surface area (Å²) in [7, 11) is 0. The number of carbonyl (C=O) groups excluding carboxylic acids is 1. The van der Waals surface area contributed by atoms with E-state index >= 15 is 0 Å². The highest BCUT2D eigenvalue weighted by Gasteiger charge is 2.15.